The number of nitriles is 1. The summed E-state index contributed by atoms with van der Waals surface area (Å²) in [5.74, 6) is -0.107. The maximum absolute atomic E-state index is 12.6. The van der Waals surface area contributed by atoms with Crippen LogP contribution in [0.15, 0.2) is 52.7 Å². The van der Waals surface area contributed by atoms with Crippen molar-refractivity contribution in [1.29, 1.82) is 5.26 Å². The van der Waals surface area contributed by atoms with Gasteiger partial charge in [0.15, 0.2) is 0 Å². The molecule has 0 atom stereocenters. The number of alkyl halides is 3. The molecule has 0 spiro atoms. The topological polar surface area (TPSA) is 68.7 Å². The first-order valence-corrected chi connectivity index (χ1v) is 5.72. The zero-order chi connectivity index (χ0) is 15.5. The molecule has 2 aromatic carbocycles. The highest BCUT2D eigenvalue weighted by atomic mass is 19.4. The molecule has 0 amide bonds. The standard InChI is InChI=1S/C14H8F3N3O/c15-14(16,17)10-2-1-3-11(7-10)19-20-13-5-4-12(21)6-9(13)8-18/h1-7,21H. The van der Waals surface area contributed by atoms with Gasteiger partial charge in [0.2, 0.25) is 0 Å². The maximum atomic E-state index is 12.6. The smallest absolute Gasteiger partial charge is 0.416 e. The van der Waals surface area contributed by atoms with Crippen molar-refractivity contribution in [2.75, 3.05) is 0 Å². The molecule has 2 aromatic rings. The van der Waals surface area contributed by atoms with Gasteiger partial charge in [0.1, 0.15) is 17.5 Å². The highest BCUT2D eigenvalue weighted by Crippen LogP contribution is 2.32. The quantitative estimate of drug-likeness (QED) is 0.815. The summed E-state index contributed by atoms with van der Waals surface area (Å²) < 4.78 is 37.7. The number of rotatable bonds is 2. The van der Waals surface area contributed by atoms with Crippen LogP contribution in [-0.2, 0) is 6.18 Å². The van der Waals surface area contributed by atoms with Gasteiger partial charge in [-0.1, -0.05) is 6.07 Å². The molecule has 1 N–H and O–H groups in total. The molecule has 0 saturated carbocycles. The van der Waals surface area contributed by atoms with E-state index in [0.717, 1.165) is 12.1 Å². The Labute approximate surface area is 117 Å². The van der Waals surface area contributed by atoms with Crippen molar-refractivity contribution in [3.05, 3.63) is 53.6 Å². The summed E-state index contributed by atoms with van der Waals surface area (Å²) in [7, 11) is 0. The summed E-state index contributed by atoms with van der Waals surface area (Å²) in [4.78, 5) is 0. The average molecular weight is 291 g/mol. The summed E-state index contributed by atoms with van der Waals surface area (Å²) in [6.45, 7) is 0. The number of azo groups is 1. The molecular formula is C14H8F3N3O. The minimum Gasteiger partial charge on any atom is -0.508 e. The Balaban J connectivity index is 2.33. The number of hydrogen-bond donors (Lipinski definition) is 1. The third-order valence-corrected chi connectivity index (χ3v) is 2.55. The van der Waals surface area contributed by atoms with Crippen LogP contribution in [0.4, 0.5) is 24.5 Å². The summed E-state index contributed by atoms with van der Waals surface area (Å²) in [6.07, 6.45) is -4.46. The number of phenolic OH excluding ortho intramolecular Hbond substituents is 1. The fourth-order valence-electron chi connectivity index (χ4n) is 1.56. The highest BCUT2D eigenvalue weighted by molar-refractivity contribution is 5.56. The van der Waals surface area contributed by atoms with Gasteiger partial charge in [0.25, 0.3) is 0 Å². The number of aromatic hydroxyl groups is 1. The van der Waals surface area contributed by atoms with Crippen molar-refractivity contribution in [2.45, 2.75) is 6.18 Å². The first-order chi connectivity index (χ1) is 9.90. The molecule has 4 nitrogen and oxygen atoms in total. The Morgan fingerprint density at radius 2 is 1.81 bits per heavy atom. The molecule has 0 bridgehead atoms. The lowest BCUT2D eigenvalue weighted by molar-refractivity contribution is -0.137. The molecule has 0 heterocycles. The molecule has 21 heavy (non-hydrogen) atoms. The van der Waals surface area contributed by atoms with Crippen LogP contribution in [0.2, 0.25) is 0 Å². The van der Waals surface area contributed by atoms with Gasteiger partial charge in [-0.15, -0.1) is 5.11 Å². The first kappa shape index (κ1) is 14.5. The molecule has 0 aliphatic rings. The zero-order valence-corrected chi connectivity index (χ0v) is 10.5. The number of phenols is 1. The van der Waals surface area contributed by atoms with Crippen LogP contribution in [-0.4, -0.2) is 5.11 Å². The molecule has 106 valence electrons. The minimum atomic E-state index is -4.46. The van der Waals surface area contributed by atoms with E-state index in [1.807, 2.05) is 6.07 Å². The summed E-state index contributed by atoms with van der Waals surface area (Å²) in [5, 5.41) is 25.5. The molecule has 0 aliphatic carbocycles. The van der Waals surface area contributed by atoms with Gasteiger partial charge in [-0.2, -0.15) is 23.5 Å². The summed E-state index contributed by atoms with van der Waals surface area (Å²) in [6, 6.07) is 10.0. The van der Waals surface area contributed by atoms with Crippen LogP contribution in [0.5, 0.6) is 5.75 Å². The van der Waals surface area contributed by atoms with Crippen molar-refractivity contribution in [3.8, 4) is 11.8 Å². The minimum absolute atomic E-state index is 0.0155. The molecule has 0 saturated heterocycles. The van der Waals surface area contributed by atoms with Gasteiger partial charge in [-0.05, 0) is 36.4 Å². The van der Waals surface area contributed by atoms with Crippen molar-refractivity contribution in [1.82, 2.24) is 0 Å². The second-order valence-corrected chi connectivity index (χ2v) is 4.06. The third kappa shape index (κ3) is 3.57. The van der Waals surface area contributed by atoms with Gasteiger partial charge in [-0.3, -0.25) is 0 Å². The van der Waals surface area contributed by atoms with E-state index < -0.39 is 11.7 Å². The van der Waals surface area contributed by atoms with Crippen LogP contribution in [0.25, 0.3) is 0 Å². The molecule has 0 radical (unpaired) electrons. The number of benzene rings is 2. The van der Waals surface area contributed by atoms with Crippen molar-refractivity contribution >= 4 is 11.4 Å². The van der Waals surface area contributed by atoms with Crippen molar-refractivity contribution in [2.24, 2.45) is 10.2 Å². The summed E-state index contributed by atoms with van der Waals surface area (Å²) in [5.41, 5.74) is -0.578. The van der Waals surface area contributed by atoms with Crippen molar-refractivity contribution < 1.29 is 18.3 Å². The fraction of sp³-hybridized carbons (Fsp3) is 0.0714. The monoisotopic (exact) mass is 291 g/mol. The van der Waals surface area contributed by atoms with E-state index >= 15 is 0 Å². The maximum Gasteiger partial charge on any atom is 0.416 e. The Morgan fingerprint density at radius 1 is 1.05 bits per heavy atom. The second kappa shape index (κ2) is 5.63. The van der Waals surface area contributed by atoms with E-state index in [1.54, 1.807) is 0 Å². The molecule has 0 aromatic heterocycles. The van der Waals surface area contributed by atoms with Gasteiger partial charge in [0.05, 0.1) is 16.8 Å². The van der Waals surface area contributed by atoms with Crippen LogP contribution < -0.4 is 0 Å². The summed E-state index contributed by atoms with van der Waals surface area (Å²) >= 11 is 0. The van der Waals surface area contributed by atoms with E-state index in [9.17, 15) is 18.3 Å². The second-order valence-electron chi connectivity index (χ2n) is 4.06. The fourth-order valence-corrected chi connectivity index (χ4v) is 1.56. The van der Waals surface area contributed by atoms with E-state index in [2.05, 4.69) is 10.2 Å². The Morgan fingerprint density at radius 3 is 2.48 bits per heavy atom. The number of halogens is 3. The van der Waals surface area contributed by atoms with Gasteiger partial charge < -0.3 is 5.11 Å². The van der Waals surface area contributed by atoms with Gasteiger partial charge in [0, 0.05) is 0 Å². The number of nitrogens with zero attached hydrogens (tertiary/aromatic N) is 3. The van der Waals surface area contributed by atoms with E-state index in [-0.39, 0.29) is 22.7 Å². The van der Waals surface area contributed by atoms with Crippen LogP contribution >= 0.6 is 0 Å². The van der Waals surface area contributed by atoms with Crippen LogP contribution in [0, 0.1) is 11.3 Å². The van der Waals surface area contributed by atoms with Crippen LogP contribution in [0.3, 0.4) is 0 Å². The highest BCUT2D eigenvalue weighted by Gasteiger charge is 2.30. The van der Waals surface area contributed by atoms with Gasteiger partial charge in [-0.25, -0.2) is 0 Å². The number of hydrogen-bond acceptors (Lipinski definition) is 4. The molecule has 0 fully saturated rings. The Kier molecular flexibility index (Phi) is 3.89. The molecule has 7 heteroatoms. The normalized spacial score (nSPS) is 11.5. The van der Waals surface area contributed by atoms with Crippen molar-refractivity contribution in [3.63, 3.8) is 0 Å². The van der Waals surface area contributed by atoms with E-state index in [0.29, 0.717) is 0 Å². The SMILES string of the molecule is N#Cc1cc(O)ccc1N=Nc1cccc(C(F)(F)F)c1. The Hall–Kier alpha value is -2.88. The lowest BCUT2D eigenvalue weighted by Gasteiger charge is -2.06. The molecule has 0 aliphatic heterocycles. The Bertz CT molecular complexity index is 733. The zero-order valence-electron chi connectivity index (χ0n) is 10.5. The van der Waals surface area contributed by atoms with Gasteiger partial charge >= 0.3 is 6.18 Å². The average Bonchev–Trinajstić information content (AvgIpc) is 2.45. The molecule has 0 unspecified atom stereocenters. The third-order valence-electron chi connectivity index (χ3n) is 2.55. The van der Waals surface area contributed by atoms with Crippen LogP contribution in [0.1, 0.15) is 11.1 Å². The molecule has 2 rings (SSSR count). The van der Waals surface area contributed by atoms with E-state index in [4.69, 9.17) is 5.26 Å². The predicted molar refractivity (Wildman–Crippen MR) is 68.4 cm³/mol. The predicted octanol–water partition coefficient (Wildman–Crippen LogP) is 4.70. The van der Waals surface area contributed by atoms with E-state index in [1.165, 1.54) is 30.3 Å². The first-order valence-electron chi connectivity index (χ1n) is 5.72. The molecular weight excluding hydrogens is 283 g/mol. The lowest BCUT2D eigenvalue weighted by atomic mass is 10.2. The largest absolute Gasteiger partial charge is 0.508 e. The lowest BCUT2D eigenvalue weighted by Crippen LogP contribution is -2.03.